The molecule has 1 fully saturated rings. The van der Waals surface area contributed by atoms with Gasteiger partial charge in [-0.05, 0) is 88.1 Å². The van der Waals surface area contributed by atoms with E-state index in [9.17, 15) is 15.3 Å². The van der Waals surface area contributed by atoms with Crippen LogP contribution in [-0.2, 0) is 25.8 Å². The van der Waals surface area contributed by atoms with Gasteiger partial charge in [0.05, 0.1) is 0 Å². The lowest BCUT2D eigenvalue weighted by molar-refractivity contribution is 0.221. The van der Waals surface area contributed by atoms with E-state index < -0.39 is 0 Å². The van der Waals surface area contributed by atoms with E-state index in [1.807, 2.05) is 12.1 Å². The summed E-state index contributed by atoms with van der Waals surface area (Å²) in [7, 11) is 0. The lowest BCUT2D eigenvalue weighted by atomic mass is 9.79. The molecular weight excluding hydrogens is 376 g/mol. The molecule has 2 aromatic rings. The molecule has 0 spiro atoms. The number of likely N-dealkylation sites (tertiary alicyclic amines) is 1. The van der Waals surface area contributed by atoms with Crippen LogP contribution in [0.5, 0.6) is 17.5 Å². The highest BCUT2D eigenvalue weighted by molar-refractivity contribution is 5.47. The van der Waals surface area contributed by atoms with Crippen molar-refractivity contribution in [2.45, 2.75) is 82.7 Å². The number of phenols is 1. The minimum absolute atomic E-state index is 0.300. The molecule has 0 unspecified atom stereocenters. The van der Waals surface area contributed by atoms with E-state index in [4.69, 9.17) is 0 Å². The smallest absolute Gasteiger partial charge is 0.197 e. The van der Waals surface area contributed by atoms with E-state index in [0.29, 0.717) is 36.0 Å². The molecule has 2 heterocycles. The predicted octanol–water partition coefficient (Wildman–Crippen LogP) is 4.46. The number of nitrogens with zero attached hydrogens (tertiary/aromatic N) is 2. The minimum atomic E-state index is 0.300. The first-order valence-corrected chi connectivity index (χ1v) is 11.8. The molecule has 2 atom stereocenters. The Labute approximate surface area is 179 Å². The highest BCUT2D eigenvalue weighted by Gasteiger charge is 2.38. The number of rotatable bonds is 6. The van der Waals surface area contributed by atoms with Crippen molar-refractivity contribution in [3.63, 3.8) is 0 Å². The zero-order valence-electron chi connectivity index (χ0n) is 17.8. The number of aromatic nitrogens is 1. The summed E-state index contributed by atoms with van der Waals surface area (Å²) in [5.74, 6) is 1.64. The van der Waals surface area contributed by atoms with Crippen LogP contribution in [0.3, 0.4) is 0 Å². The first-order valence-electron chi connectivity index (χ1n) is 11.8. The quantitative estimate of drug-likeness (QED) is 0.615. The van der Waals surface area contributed by atoms with Crippen LogP contribution >= 0.6 is 0 Å². The lowest BCUT2D eigenvalue weighted by Crippen LogP contribution is -2.35. The molecular formula is C25H34N2O3. The molecule has 1 aromatic carbocycles. The number of fused-ring (bicyclic) bond motifs is 4. The Balaban J connectivity index is 1.13. The second-order valence-corrected chi connectivity index (χ2v) is 9.41. The number of aromatic hydroxyl groups is 3. The van der Waals surface area contributed by atoms with Crippen molar-refractivity contribution >= 4 is 0 Å². The summed E-state index contributed by atoms with van der Waals surface area (Å²) in [6.45, 7) is 2.97. The molecule has 0 saturated carbocycles. The summed E-state index contributed by atoms with van der Waals surface area (Å²) in [4.78, 5) is 2.65. The Hall–Kier alpha value is -2.14. The van der Waals surface area contributed by atoms with Gasteiger partial charge in [-0.3, -0.25) is 9.47 Å². The van der Waals surface area contributed by atoms with Gasteiger partial charge in [-0.1, -0.05) is 18.6 Å². The van der Waals surface area contributed by atoms with Crippen molar-refractivity contribution in [3.05, 3.63) is 40.5 Å². The minimum Gasteiger partial charge on any atom is -0.508 e. The Morgan fingerprint density at radius 3 is 2.30 bits per heavy atom. The highest BCUT2D eigenvalue weighted by atomic mass is 16.3. The van der Waals surface area contributed by atoms with Crippen LogP contribution < -0.4 is 0 Å². The molecule has 3 aliphatic rings. The monoisotopic (exact) mass is 410 g/mol. The van der Waals surface area contributed by atoms with Crippen LogP contribution in [0.25, 0.3) is 0 Å². The van der Waals surface area contributed by atoms with Crippen LogP contribution in [0.4, 0.5) is 0 Å². The number of benzene rings is 1. The van der Waals surface area contributed by atoms with E-state index >= 15 is 0 Å². The Morgan fingerprint density at radius 2 is 1.53 bits per heavy atom. The van der Waals surface area contributed by atoms with Crippen LogP contribution in [-0.4, -0.2) is 43.9 Å². The van der Waals surface area contributed by atoms with Crippen molar-refractivity contribution in [3.8, 4) is 17.5 Å². The van der Waals surface area contributed by atoms with Crippen LogP contribution in [0.1, 0.15) is 73.1 Å². The summed E-state index contributed by atoms with van der Waals surface area (Å²) >= 11 is 0. The van der Waals surface area contributed by atoms with Crippen molar-refractivity contribution < 1.29 is 15.3 Å². The van der Waals surface area contributed by atoms with E-state index in [2.05, 4.69) is 11.0 Å². The number of hydrogen-bond acceptors (Lipinski definition) is 4. The van der Waals surface area contributed by atoms with Gasteiger partial charge in [0.15, 0.2) is 11.8 Å². The van der Waals surface area contributed by atoms with Crippen molar-refractivity contribution in [1.82, 2.24) is 9.47 Å². The van der Waals surface area contributed by atoms with E-state index in [1.54, 1.807) is 4.57 Å². The van der Waals surface area contributed by atoms with Crippen molar-refractivity contribution in [1.29, 1.82) is 0 Å². The molecule has 2 aliphatic carbocycles. The van der Waals surface area contributed by atoms with Gasteiger partial charge in [-0.25, -0.2) is 0 Å². The number of hydrogen-bond donors (Lipinski definition) is 3. The maximum atomic E-state index is 10.5. The molecule has 0 bridgehead atoms. The Morgan fingerprint density at radius 1 is 0.800 bits per heavy atom. The first-order chi connectivity index (χ1) is 14.6. The molecule has 0 amide bonds. The standard InChI is InChI=1S/C25H34N2O3/c28-23-10-6-9-17-18-13-16-26(22(18)12-11-19(17)23)14-4-1-5-15-27-24(29)20-7-2-3-8-21(20)25(27)30/h6,9-10,18,22,28-30H,1-5,7-8,11-16H2/t18-,22+/m0/s1. The van der Waals surface area contributed by atoms with E-state index in [-0.39, 0.29) is 0 Å². The molecule has 30 heavy (non-hydrogen) atoms. The third kappa shape index (κ3) is 3.37. The maximum absolute atomic E-state index is 10.5. The Kier molecular flexibility index (Phi) is 5.40. The third-order valence-electron chi connectivity index (χ3n) is 7.78. The van der Waals surface area contributed by atoms with Crippen molar-refractivity contribution in [2.24, 2.45) is 0 Å². The van der Waals surface area contributed by atoms with Gasteiger partial charge in [-0.2, -0.15) is 0 Å². The normalized spacial score (nSPS) is 23.2. The second kappa shape index (κ2) is 8.18. The molecule has 5 nitrogen and oxygen atoms in total. The lowest BCUT2D eigenvalue weighted by Gasteiger charge is -2.33. The topological polar surface area (TPSA) is 68.9 Å². The highest BCUT2D eigenvalue weighted by Crippen LogP contribution is 2.44. The fourth-order valence-corrected chi connectivity index (χ4v) is 6.24. The Bertz CT molecular complexity index is 890. The fraction of sp³-hybridized carbons (Fsp3) is 0.600. The van der Waals surface area contributed by atoms with Gasteiger partial charge in [0.2, 0.25) is 0 Å². The zero-order chi connectivity index (χ0) is 20.7. The summed E-state index contributed by atoms with van der Waals surface area (Å²) < 4.78 is 1.73. The first kappa shape index (κ1) is 19.8. The summed E-state index contributed by atoms with van der Waals surface area (Å²) in [5, 5.41) is 31.2. The van der Waals surface area contributed by atoms with E-state index in [0.717, 1.165) is 82.0 Å². The number of unbranched alkanes of at least 4 members (excludes halogenated alkanes) is 2. The fourth-order valence-electron chi connectivity index (χ4n) is 6.24. The molecule has 5 rings (SSSR count). The average Bonchev–Trinajstić information content (AvgIpc) is 3.28. The molecule has 5 heteroatoms. The average molecular weight is 411 g/mol. The van der Waals surface area contributed by atoms with Gasteiger partial charge < -0.3 is 15.3 Å². The second-order valence-electron chi connectivity index (χ2n) is 9.41. The molecule has 0 radical (unpaired) electrons. The summed E-state index contributed by atoms with van der Waals surface area (Å²) in [6.07, 6.45) is 10.5. The molecule has 1 aliphatic heterocycles. The van der Waals surface area contributed by atoms with Gasteiger partial charge in [0.25, 0.3) is 0 Å². The van der Waals surface area contributed by atoms with Gasteiger partial charge in [-0.15, -0.1) is 0 Å². The third-order valence-corrected chi connectivity index (χ3v) is 7.78. The summed E-state index contributed by atoms with van der Waals surface area (Å²) in [6, 6.07) is 6.64. The van der Waals surface area contributed by atoms with Gasteiger partial charge in [0, 0.05) is 29.6 Å². The van der Waals surface area contributed by atoms with Gasteiger partial charge in [0.1, 0.15) is 5.75 Å². The molecule has 162 valence electrons. The van der Waals surface area contributed by atoms with E-state index in [1.165, 1.54) is 17.5 Å². The van der Waals surface area contributed by atoms with Crippen molar-refractivity contribution in [2.75, 3.05) is 13.1 Å². The van der Waals surface area contributed by atoms with Crippen LogP contribution in [0.2, 0.25) is 0 Å². The van der Waals surface area contributed by atoms with Crippen LogP contribution in [0, 0.1) is 0 Å². The maximum Gasteiger partial charge on any atom is 0.197 e. The number of phenolic OH excluding ortho intramolecular Hbond substituents is 1. The van der Waals surface area contributed by atoms with Gasteiger partial charge >= 0.3 is 0 Å². The van der Waals surface area contributed by atoms with Crippen LogP contribution in [0.15, 0.2) is 18.2 Å². The largest absolute Gasteiger partial charge is 0.508 e. The molecule has 3 N–H and O–H groups in total. The SMILES string of the molecule is Oc1cccc2c1CC[C@@H]1[C@H]2CCN1CCCCCn1c(O)c2c(c1O)CCCC2. The predicted molar refractivity (Wildman–Crippen MR) is 117 cm³/mol. The summed E-state index contributed by atoms with van der Waals surface area (Å²) in [5.41, 5.74) is 4.50. The molecule has 1 aromatic heterocycles. The molecule has 1 saturated heterocycles. The zero-order valence-corrected chi connectivity index (χ0v) is 17.8.